The normalized spacial score (nSPS) is 12.2. The van der Waals surface area contributed by atoms with Gasteiger partial charge in [0.05, 0.1) is 22.5 Å². The Morgan fingerprint density at radius 1 is 0.516 bits per heavy atom. The molecule has 0 spiro atoms. The zero-order valence-electron chi connectivity index (χ0n) is 17.0. The molecule has 4 aromatic carbocycles. The van der Waals surface area contributed by atoms with Crippen LogP contribution in [0.3, 0.4) is 0 Å². The molecule has 0 saturated carbocycles. The van der Waals surface area contributed by atoms with Crippen LogP contribution in [0.1, 0.15) is 37.4 Å². The van der Waals surface area contributed by atoms with Gasteiger partial charge in [-0.1, -0.05) is 60.2 Å². The second kappa shape index (κ2) is 7.58. The summed E-state index contributed by atoms with van der Waals surface area (Å²) in [6.45, 7) is 2.02. The topological polar surface area (TPSA) is 58.2 Å². The molecule has 0 aliphatic heterocycles. The summed E-state index contributed by atoms with van der Waals surface area (Å²) < 4.78 is 0. The number of benzene rings is 4. The molecule has 0 aromatic heterocycles. The molecule has 0 fully saturated rings. The fourth-order valence-corrected chi connectivity index (χ4v) is 3.90. The molecule has 0 radical (unpaired) electrons. The van der Waals surface area contributed by atoms with Crippen LogP contribution < -0.4 is 10.6 Å². The van der Waals surface area contributed by atoms with Gasteiger partial charge in [-0.3, -0.25) is 9.59 Å². The number of carbonyl (C=O) groups is 2. The second-order valence-electron chi connectivity index (χ2n) is 7.60. The van der Waals surface area contributed by atoms with Crippen molar-refractivity contribution in [3.63, 3.8) is 0 Å². The van der Waals surface area contributed by atoms with E-state index in [-0.39, 0.29) is 11.6 Å². The van der Waals surface area contributed by atoms with Gasteiger partial charge in [-0.15, -0.1) is 0 Å². The first kappa shape index (κ1) is 18.8. The van der Waals surface area contributed by atoms with E-state index in [0.717, 1.165) is 16.9 Å². The average Bonchev–Trinajstić information content (AvgIpc) is 2.80. The first-order valence-corrected chi connectivity index (χ1v) is 10.1. The maximum absolute atomic E-state index is 13.5. The zero-order valence-corrected chi connectivity index (χ0v) is 17.0. The van der Waals surface area contributed by atoms with Gasteiger partial charge < -0.3 is 10.6 Å². The number of ketones is 2. The Kier molecular flexibility index (Phi) is 4.60. The van der Waals surface area contributed by atoms with Gasteiger partial charge in [0, 0.05) is 22.5 Å². The number of fused-ring (bicyclic) bond motifs is 2. The van der Waals surface area contributed by atoms with Crippen LogP contribution in [0, 0.1) is 6.92 Å². The third-order valence-corrected chi connectivity index (χ3v) is 5.46. The highest BCUT2D eigenvalue weighted by molar-refractivity contribution is 6.32. The Morgan fingerprint density at radius 3 is 1.48 bits per heavy atom. The summed E-state index contributed by atoms with van der Waals surface area (Å²) in [6.07, 6.45) is 0. The Labute approximate surface area is 180 Å². The molecule has 0 saturated heterocycles. The lowest BCUT2D eigenvalue weighted by molar-refractivity contribution is 0.0980. The highest BCUT2D eigenvalue weighted by atomic mass is 16.1. The van der Waals surface area contributed by atoms with Crippen LogP contribution in [-0.4, -0.2) is 11.6 Å². The van der Waals surface area contributed by atoms with Crippen molar-refractivity contribution in [1.29, 1.82) is 0 Å². The van der Waals surface area contributed by atoms with Crippen LogP contribution in [0.4, 0.5) is 22.7 Å². The fraction of sp³-hybridized carbons (Fsp3) is 0.0370. The van der Waals surface area contributed by atoms with E-state index in [1.165, 1.54) is 0 Å². The van der Waals surface area contributed by atoms with E-state index in [0.29, 0.717) is 33.6 Å². The monoisotopic (exact) mass is 404 g/mol. The maximum atomic E-state index is 13.5. The molecule has 1 aliphatic rings. The van der Waals surface area contributed by atoms with Crippen LogP contribution in [0.2, 0.25) is 0 Å². The molecule has 0 bridgehead atoms. The highest BCUT2D eigenvalue weighted by Gasteiger charge is 2.33. The van der Waals surface area contributed by atoms with Gasteiger partial charge >= 0.3 is 0 Å². The summed E-state index contributed by atoms with van der Waals surface area (Å²) in [6, 6.07) is 28.2. The van der Waals surface area contributed by atoms with Crippen molar-refractivity contribution in [3.8, 4) is 0 Å². The van der Waals surface area contributed by atoms with Crippen molar-refractivity contribution in [2.75, 3.05) is 10.6 Å². The quantitative estimate of drug-likeness (QED) is 0.371. The molecule has 0 unspecified atom stereocenters. The van der Waals surface area contributed by atoms with E-state index >= 15 is 0 Å². The lowest BCUT2D eigenvalue weighted by atomic mass is 9.82. The molecule has 2 N–H and O–H groups in total. The molecule has 5 rings (SSSR count). The van der Waals surface area contributed by atoms with Gasteiger partial charge in [0.15, 0.2) is 11.6 Å². The van der Waals surface area contributed by atoms with E-state index in [1.807, 2.05) is 73.7 Å². The van der Waals surface area contributed by atoms with Gasteiger partial charge in [0.25, 0.3) is 0 Å². The van der Waals surface area contributed by atoms with Crippen LogP contribution in [0.25, 0.3) is 0 Å². The third-order valence-electron chi connectivity index (χ3n) is 5.46. The molecule has 4 aromatic rings. The molecule has 4 heteroatoms. The smallest absolute Gasteiger partial charge is 0.196 e. The third kappa shape index (κ3) is 3.38. The highest BCUT2D eigenvalue weighted by Crippen LogP contribution is 2.38. The number of nitrogens with one attached hydrogen (secondary N) is 2. The maximum Gasteiger partial charge on any atom is 0.196 e. The lowest BCUT2D eigenvalue weighted by Gasteiger charge is -2.24. The number of anilines is 4. The van der Waals surface area contributed by atoms with Gasteiger partial charge in [0.1, 0.15) is 0 Å². The first-order valence-electron chi connectivity index (χ1n) is 10.1. The van der Waals surface area contributed by atoms with Crippen molar-refractivity contribution < 1.29 is 9.59 Å². The van der Waals surface area contributed by atoms with Crippen molar-refractivity contribution >= 4 is 34.3 Å². The summed E-state index contributed by atoms with van der Waals surface area (Å²) in [5, 5.41) is 6.64. The van der Waals surface area contributed by atoms with Gasteiger partial charge in [-0.2, -0.15) is 0 Å². The molecule has 4 nitrogen and oxygen atoms in total. The molecular formula is C27H20N2O2. The van der Waals surface area contributed by atoms with E-state index in [4.69, 9.17) is 0 Å². The Balaban J connectivity index is 1.67. The minimum absolute atomic E-state index is 0.156. The minimum atomic E-state index is -0.156. The zero-order chi connectivity index (χ0) is 21.4. The molecule has 31 heavy (non-hydrogen) atoms. The summed E-state index contributed by atoms with van der Waals surface area (Å²) in [4.78, 5) is 27.0. The molecular weight excluding hydrogens is 384 g/mol. The van der Waals surface area contributed by atoms with Crippen molar-refractivity contribution in [3.05, 3.63) is 119 Å². The van der Waals surface area contributed by atoms with Gasteiger partial charge in [-0.25, -0.2) is 0 Å². The first-order chi connectivity index (χ1) is 15.1. The van der Waals surface area contributed by atoms with E-state index < -0.39 is 0 Å². The summed E-state index contributed by atoms with van der Waals surface area (Å²) in [7, 11) is 0. The summed E-state index contributed by atoms with van der Waals surface area (Å²) >= 11 is 0. The summed E-state index contributed by atoms with van der Waals surface area (Å²) in [5.41, 5.74) is 5.74. The number of aryl methyl sites for hydroxylation is 1. The fourth-order valence-electron chi connectivity index (χ4n) is 3.90. The molecule has 0 amide bonds. The standard InChI is InChI=1S/C27H20N2O2/c1-17-11-13-19(14-12-17)29-23-16-15-22(28-18-7-3-2-4-8-18)24-25(23)27(31)21-10-6-5-9-20(21)26(24)30/h2-16,28-29H,1H3. The summed E-state index contributed by atoms with van der Waals surface area (Å²) in [5.74, 6) is -0.312. The Bertz CT molecular complexity index is 1310. The van der Waals surface area contributed by atoms with Crippen molar-refractivity contribution in [2.45, 2.75) is 6.92 Å². The molecule has 150 valence electrons. The SMILES string of the molecule is Cc1ccc(Nc2ccc(Nc3ccccc3)c3c2C(=O)c2ccccc2C3=O)cc1. The average molecular weight is 404 g/mol. The minimum Gasteiger partial charge on any atom is -0.355 e. The van der Waals surface area contributed by atoms with E-state index in [1.54, 1.807) is 24.3 Å². The van der Waals surface area contributed by atoms with E-state index in [9.17, 15) is 9.59 Å². The Morgan fingerprint density at radius 2 is 0.968 bits per heavy atom. The Hall–Kier alpha value is -4.18. The van der Waals surface area contributed by atoms with Gasteiger partial charge in [0.2, 0.25) is 0 Å². The number of carbonyl (C=O) groups excluding carboxylic acids is 2. The predicted octanol–water partition coefficient (Wildman–Crippen LogP) is 6.26. The van der Waals surface area contributed by atoms with Gasteiger partial charge in [-0.05, 0) is 43.3 Å². The van der Waals surface area contributed by atoms with Crippen LogP contribution in [0.15, 0.2) is 91.0 Å². The number of hydrogen-bond acceptors (Lipinski definition) is 4. The van der Waals surface area contributed by atoms with Crippen LogP contribution in [-0.2, 0) is 0 Å². The van der Waals surface area contributed by atoms with Crippen LogP contribution in [0.5, 0.6) is 0 Å². The number of rotatable bonds is 4. The number of para-hydroxylation sites is 1. The largest absolute Gasteiger partial charge is 0.355 e. The molecule has 1 aliphatic carbocycles. The molecule has 0 atom stereocenters. The lowest BCUT2D eigenvalue weighted by Crippen LogP contribution is -2.23. The van der Waals surface area contributed by atoms with Crippen LogP contribution >= 0.6 is 0 Å². The number of hydrogen-bond donors (Lipinski definition) is 2. The second-order valence-corrected chi connectivity index (χ2v) is 7.60. The predicted molar refractivity (Wildman–Crippen MR) is 124 cm³/mol. The van der Waals surface area contributed by atoms with E-state index in [2.05, 4.69) is 10.6 Å². The molecule has 0 heterocycles. The van der Waals surface area contributed by atoms with Crippen molar-refractivity contribution in [2.24, 2.45) is 0 Å². The van der Waals surface area contributed by atoms with Crippen molar-refractivity contribution in [1.82, 2.24) is 0 Å².